The van der Waals surface area contributed by atoms with Gasteiger partial charge in [0.15, 0.2) is 0 Å². The second-order valence-corrected chi connectivity index (χ2v) is 5.04. The molecule has 21 heavy (non-hydrogen) atoms. The van der Waals surface area contributed by atoms with E-state index in [-0.39, 0.29) is 5.56 Å². The Morgan fingerprint density at radius 2 is 1.86 bits per heavy atom. The van der Waals surface area contributed by atoms with Gasteiger partial charge in [-0.2, -0.15) is 5.10 Å². The van der Waals surface area contributed by atoms with E-state index in [0.29, 0.717) is 11.5 Å². The summed E-state index contributed by atoms with van der Waals surface area (Å²) in [5.74, 6) is 0.578. The summed E-state index contributed by atoms with van der Waals surface area (Å²) in [6.45, 7) is 2.04. The molecular weight excluding hydrogens is 264 g/mol. The maximum atomic E-state index is 11.5. The van der Waals surface area contributed by atoms with Gasteiger partial charge in [-0.25, -0.2) is 0 Å². The van der Waals surface area contributed by atoms with Gasteiger partial charge in [0.2, 0.25) is 5.56 Å². The number of aryl methyl sites for hydroxylation is 2. The number of nitrogens with one attached hydrogen (secondary N) is 1. The molecular formula is C16H16N4O. The van der Waals surface area contributed by atoms with Crippen LogP contribution in [-0.2, 0) is 7.05 Å². The zero-order valence-corrected chi connectivity index (χ0v) is 11.9. The maximum absolute atomic E-state index is 11.5. The number of aromatic amines is 1. The van der Waals surface area contributed by atoms with Crippen LogP contribution in [0.3, 0.4) is 0 Å². The molecule has 3 N–H and O–H groups in total. The molecule has 0 unspecified atom stereocenters. The molecule has 5 nitrogen and oxygen atoms in total. The Bertz CT molecular complexity index is 843. The Balaban J connectivity index is 2.25. The van der Waals surface area contributed by atoms with Crippen molar-refractivity contribution in [1.29, 1.82) is 0 Å². The first-order valence-electron chi connectivity index (χ1n) is 6.65. The number of aromatic nitrogens is 3. The van der Waals surface area contributed by atoms with Gasteiger partial charge in [0.1, 0.15) is 11.5 Å². The van der Waals surface area contributed by atoms with Gasteiger partial charge >= 0.3 is 0 Å². The summed E-state index contributed by atoms with van der Waals surface area (Å²) < 4.78 is 1.63. The summed E-state index contributed by atoms with van der Waals surface area (Å²) in [6, 6.07) is 11.4. The maximum Gasteiger partial charge on any atom is 0.248 e. The summed E-state index contributed by atoms with van der Waals surface area (Å²) in [5.41, 5.74) is 10.5. The van der Waals surface area contributed by atoms with E-state index < -0.39 is 0 Å². The van der Waals surface area contributed by atoms with Crippen LogP contribution in [0.25, 0.3) is 22.4 Å². The van der Waals surface area contributed by atoms with Gasteiger partial charge in [-0.15, -0.1) is 0 Å². The molecule has 0 saturated carbocycles. The number of nitrogens with two attached hydrogens (primary N) is 1. The van der Waals surface area contributed by atoms with Crippen LogP contribution in [0.5, 0.6) is 0 Å². The van der Waals surface area contributed by atoms with Crippen LogP contribution < -0.4 is 11.3 Å². The Kier molecular flexibility index (Phi) is 3.10. The second-order valence-electron chi connectivity index (χ2n) is 5.04. The first kappa shape index (κ1) is 13.2. The lowest BCUT2D eigenvalue weighted by Crippen LogP contribution is -2.02. The lowest BCUT2D eigenvalue weighted by Gasteiger charge is -2.05. The van der Waals surface area contributed by atoms with E-state index in [1.165, 1.54) is 11.6 Å². The van der Waals surface area contributed by atoms with Gasteiger partial charge in [-0.3, -0.25) is 9.48 Å². The molecule has 0 amide bonds. The topological polar surface area (TPSA) is 76.7 Å². The summed E-state index contributed by atoms with van der Waals surface area (Å²) >= 11 is 0. The Labute approximate surface area is 122 Å². The number of H-pyrrole nitrogens is 1. The van der Waals surface area contributed by atoms with E-state index in [4.69, 9.17) is 5.73 Å². The number of nitrogens with zero attached hydrogens (tertiary/aromatic N) is 2. The SMILES string of the molecule is Cc1ccc(-c2c(-c3cc[nH]c(=O)c3)nn(C)c2N)cc1. The van der Waals surface area contributed by atoms with Gasteiger partial charge < -0.3 is 10.7 Å². The van der Waals surface area contributed by atoms with Crippen LogP contribution in [-0.4, -0.2) is 14.8 Å². The van der Waals surface area contributed by atoms with E-state index in [0.717, 1.165) is 16.7 Å². The number of benzene rings is 1. The quantitative estimate of drug-likeness (QED) is 0.756. The molecule has 3 rings (SSSR count). The zero-order chi connectivity index (χ0) is 15.0. The summed E-state index contributed by atoms with van der Waals surface area (Å²) in [6.07, 6.45) is 1.61. The number of pyridine rings is 1. The third kappa shape index (κ3) is 2.33. The van der Waals surface area contributed by atoms with E-state index >= 15 is 0 Å². The molecule has 0 spiro atoms. The van der Waals surface area contributed by atoms with E-state index in [1.807, 2.05) is 37.3 Å². The fourth-order valence-corrected chi connectivity index (χ4v) is 2.34. The largest absolute Gasteiger partial charge is 0.383 e. The number of nitrogen functional groups attached to an aromatic ring is 1. The highest BCUT2D eigenvalue weighted by atomic mass is 16.1. The fraction of sp³-hybridized carbons (Fsp3) is 0.125. The van der Waals surface area contributed by atoms with Crippen molar-refractivity contribution in [3.63, 3.8) is 0 Å². The van der Waals surface area contributed by atoms with Gasteiger partial charge in [0.05, 0.1) is 5.56 Å². The molecule has 0 saturated heterocycles. The molecule has 0 atom stereocenters. The highest BCUT2D eigenvalue weighted by Crippen LogP contribution is 2.35. The molecule has 106 valence electrons. The number of rotatable bonds is 2. The minimum Gasteiger partial charge on any atom is -0.383 e. The molecule has 0 bridgehead atoms. The average molecular weight is 280 g/mol. The van der Waals surface area contributed by atoms with Crippen molar-refractivity contribution in [3.05, 3.63) is 58.5 Å². The van der Waals surface area contributed by atoms with Gasteiger partial charge in [-0.1, -0.05) is 29.8 Å². The lowest BCUT2D eigenvalue weighted by atomic mass is 10.0. The summed E-state index contributed by atoms with van der Waals surface area (Å²) in [7, 11) is 1.80. The number of hydrogen-bond acceptors (Lipinski definition) is 3. The smallest absolute Gasteiger partial charge is 0.248 e. The normalized spacial score (nSPS) is 10.8. The molecule has 5 heteroatoms. The molecule has 2 heterocycles. The molecule has 0 radical (unpaired) electrons. The summed E-state index contributed by atoms with van der Waals surface area (Å²) in [5, 5.41) is 4.46. The molecule has 0 fully saturated rings. The van der Waals surface area contributed by atoms with E-state index in [2.05, 4.69) is 10.1 Å². The van der Waals surface area contributed by atoms with Gasteiger partial charge in [0, 0.05) is 24.9 Å². The Hall–Kier alpha value is -2.82. The Morgan fingerprint density at radius 3 is 2.52 bits per heavy atom. The van der Waals surface area contributed by atoms with Crippen molar-refractivity contribution in [2.24, 2.45) is 7.05 Å². The molecule has 2 aromatic heterocycles. The van der Waals surface area contributed by atoms with Crippen molar-refractivity contribution in [3.8, 4) is 22.4 Å². The molecule has 0 aliphatic rings. The third-order valence-electron chi connectivity index (χ3n) is 3.48. The highest BCUT2D eigenvalue weighted by molar-refractivity contribution is 5.88. The van der Waals surface area contributed by atoms with Crippen LogP contribution in [0.4, 0.5) is 5.82 Å². The molecule has 0 aliphatic heterocycles. The van der Waals surface area contributed by atoms with Gasteiger partial charge in [0.25, 0.3) is 0 Å². The van der Waals surface area contributed by atoms with Crippen molar-refractivity contribution < 1.29 is 0 Å². The molecule has 3 aromatic rings. The Morgan fingerprint density at radius 1 is 1.14 bits per heavy atom. The van der Waals surface area contributed by atoms with Crippen LogP contribution >= 0.6 is 0 Å². The minimum absolute atomic E-state index is 0.161. The van der Waals surface area contributed by atoms with E-state index in [1.54, 1.807) is 17.9 Å². The van der Waals surface area contributed by atoms with Gasteiger partial charge in [-0.05, 0) is 18.6 Å². The minimum atomic E-state index is -0.161. The first-order chi connectivity index (χ1) is 10.1. The monoisotopic (exact) mass is 280 g/mol. The standard InChI is InChI=1S/C16H16N4O/c1-10-3-5-11(6-4-10)14-15(19-20(2)16(14)17)12-7-8-18-13(21)9-12/h3-9H,17H2,1-2H3,(H,18,21). The predicted octanol–water partition coefficient (Wildman–Crippen LogP) is 2.33. The first-order valence-corrected chi connectivity index (χ1v) is 6.65. The molecule has 0 aliphatic carbocycles. The third-order valence-corrected chi connectivity index (χ3v) is 3.48. The predicted molar refractivity (Wildman–Crippen MR) is 83.9 cm³/mol. The van der Waals surface area contributed by atoms with Crippen molar-refractivity contribution in [2.75, 3.05) is 5.73 Å². The number of anilines is 1. The lowest BCUT2D eigenvalue weighted by molar-refractivity contribution is 0.782. The summed E-state index contributed by atoms with van der Waals surface area (Å²) in [4.78, 5) is 14.1. The van der Waals surface area contributed by atoms with Crippen molar-refractivity contribution in [2.45, 2.75) is 6.92 Å². The highest BCUT2D eigenvalue weighted by Gasteiger charge is 2.17. The second kappa shape index (κ2) is 4.94. The average Bonchev–Trinajstić information content (AvgIpc) is 2.76. The van der Waals surface area contributed by atoms with Crippen LogP contribution in [0.15, 0.2) is 47.4 Å². The van der Waals surface area contributed by atoms with Crippen molar-refractivity contribution in [1.82, 2.24) is 14.8 Å². The zero-order valence-electron chi connectivity index (χ0n) is 11.9. The van der Waals surface area contributed by atoms with Crippen LogP contribution in [0, 0.1) is 6.92 Å². The number of hydrogen-bond donors (Lipinski definition) is 2. The van der Waals surface area contributed by atoms with Crippen LogP contribution in [0.2, 0.25) is 0 Å². The van der Waals surface area contributed by atoms with E-state index in [9.17, 15) is 4.79 Å². The molecule has 1 aromatic carbocycles. The van der Waals surface area contributed by atoms with Crippen molar-refractivity contribution >= 4 is 5.82 Å². The fourth-order valence-electron chi connectivity index (χ4n) is 2.34. The van der Waals surface area contributed by atoms with Crippen LogP contribution in [0.1, 0.15) is 5.56 Å².